The lowest BCUT2D eigenvalue weighted by Crippen LogP contribution is -2.42. The SMILES string of the molecule is Cc1c(C(=O)NNC(=O)c2ccccc2NC(=O)c2ccccc2)oc2ccccc12. The van der Waals surface area contributed by atoms with Gasteiger partial charge in [-0.1, -0.05) is 48.5 Å². The molecule has 0 radical (unpaired) electrons. The van der Waals surface area contributed by atoms with E-state index in [1.54, 1.807) is 61.5 Å². The number of carbonyl (C=O) groups is 3. The summed E-state index contributed by atoms with van der Waals surface area (Å²) in [5, 5.41) is 3.55. The minimum absolute atomic E-state index is 0.118. The van der Waals surface area contributed by atoms with E-state index in [1.165, 1.54) is 0 Å². The van der Waals surface area contributed by atoms with Crippen LogP contribution in [-0.4, -0.2) is 17.7 Å². The summed E-state index contributed by atoms with van der Waals surface area (Å²) in [6.45, 7) is 1.77. The summed E-state index contributed by atoms with van der Waals surface area (Å²) in [6, 6.07) is 22.5. The third-order valence-corrected chi connectivity index (χ3v) is 4.80. The van der Waals surface area contributed by atoms with Gasteiger partial charge in [0.25, 0.3) is 11.8 Å². The lowest BCUT2D eigenvalue weighted by atomic mass is 10.1. The predicted molar refractivity (Wildman–Crippen MR) is 117 cm³/mol. The molecule has 3 amide bonds. The molecule has 1 heterocycles. The van der Waals surface area contributed by atoms with Crippen molar-refractivity contribution in [1.29, 1.82) is 0 Å². The molecule has 0 aliphatic rings. The first-order valence-electron chi connectivity index (χ1n) is 9.59. The number of carbonyl (C=O) groups excluding carboxylic acids is 3. The van der Waals surface area contributed by atoms with Crippen LogP contribution in [0.1, 0.15) is 36.8 Å². The Balaban J connectivity index is 1.47. The van der Waals surface area contributed by atoms with E-state index in [9.17, 15) is 14.4 Å². The second-order valence-corrected chi connectivity index (χ2v) is 6.83. The van der Waals surface area contributed by atoms with E-state index in [4.69, 9.17) is 4.42 Å². The van der Waals surface area contributed by atoms with Gasteiger partial charge in [0.2, 0.25) is 0 Å². The number of hydrogen-bond donors (Lipinski definition) is 3. The fourth-order valence-corrected chi connectivity index (χ4v) is 3.20. The number of amides is 3. The van der Waals surface area contributed by atoms with Crippen LogP contribution in [0.3, 0.4) is 0 Å². The van der Waals surface area contributed by atoms with Gasteiger partial charge in [-0.05, 0) is 37.3 Å². The van der Waals surface area contributed by atoms with Gasteiger partial charge in [0.1, 0.15) is 5.58 Å². The van der Waals surface area contributed by atoms with Gasteiger partial charge in [0, 0.05) is 16.5 Å². The number of hydrazine groups is 1. The Kier molecular flexibility index (Phi) is 5.49. The lowest BCUT2D eigenvalue weighted by Gasteiger charge is -2.12. The molecular formula is C24H19N3O4. The molecule has 0 saturated carbocycles. The second kappa shape index (κ2) is 8.54. The van der Waals surface area contributed by atoms with E-state index >= 15 is 0 Å². The summed E-state index contributed by atoms with van der Waals surface area (Å²) < 4.78 is 5.60. The average Bonchev–Trinajstić information content (AvgIpc) is 3.15. The van der Waals surface area contributed by atoms with Crippen molar-refractivity contribution in [3.63, 3.8) is 0 Å². The Morgan fingerprint density at radius 1 is 0.710 bits per heavy atom. The fraction of sp³-hybridized carbons (Fsp3) is 0.0417. The number of anilines is 1. The number of aryl methyl sites for hydroxylation is 1. The minimum Gasteiger partial charge on any atom is -0.451 e. The average molecular weight is 413 g/mol. The Hall–Kier alpha value is -4.39. The number of nitrogens with one attached hydrogen (secondary N) is 3. The monoisotopic (exact) mass is 413 g/mol. The summed E-state index contributed by atoms with van der Waals surface area (Å²) in [6.07, 6.45) is 0. The van der Waals surface area contributed by atoms with Crippen LogP contribution in [0.15, 0.2) is 83.3 Å². The molecule has 0 saturated heterocycles. The molecule has 7 nitrogen and oxygen atoms in total. The van der Waals surface area contributed by atoms with Gasteiger partial charge in [0.15, 0.2) is 5.76 Å². The second-order valence-electron chi connectivity index (χ2n) is 6.83. The van der Waals surface area contributed by atoms with Crippen molar-refractivity contribution in [3.8, 4) is 0 Å². The van der Waals surface area contributed by atoms with Crippen molar-refractivity contribution in [1.82, 2.24) is 10.9 Å². The molecule has 0 fully saturated rings. The van der Waals surface area contributed by atoms with Crippen LogP contribution in [0.4, 0.5) is 5.69 Å². The standard InChI is InChI=1S/C24H19N3O4/c1-15-17-11-6-8-14-20(17)31-21(15)24(30)27-26-23(29)18-12-5-7-13-19(18)25-22(28)16-9-3-2-4-10-16/h2-14H,1H3,(H,25,28)(H,26,29)(H,27,30). The van der Waals surface area contributed by atoms with Crippen molar-refractivity contribution in [2.45, 2.75) is 6.92 Å². The normalized spacial score (nSPS) is 10.5. The molecule has 0 aliphatic carbocycles. The molecule has 31 heavy (non-hydrogen) atoms. The van der Waals surface area contributed by atoms with Crippen LogP contribution in [0.25, 0.3) is 11.0 Å². The predicted octanol–water partition coefficient (Wildman–Crippen LogP) is 4.07. The van der Waals surface area contributed by atoms with Crippen molar-refractivity contribution < 1.29 is 18.8 Å². The van der Waals surface area contributed by atoms with E-state index in [0.29, 0.717) is 22.4 Å². The first-order chi connectivity index (χ1) is 15.0. The number of para-hydroxylation sites is 2. The molecule has 0 unspecified atom stereocenters. The topological polar surface area (TPSA) is 100 Å². The fourth-order valence-electron chi connectivity index (χ4n) is 3.20. The van der Waals surface area contributed by atoms with Crippen LogP contribution in [0, 0.1) is 6.92 Å². The summed E-state index contributed by atoms with van der Waals surface area (Å²) in [4.78, 5) is 37.6. The Bertz CT molecular complexity index is 1280. The third kappa shape index (κ3) is 4.16. The van der Waals surface area contributed by atoms with Crippen LogP contribution in [0.5, 0.6) is 0 Å². The summed E-state index contributed by atoms with van der Waals surface area (Å²) in [5.74, 6) is -1.38. The van der Waals surface area contributed by atoms with Gasteiger partial charge < -0.3 is 9.73 Å². The van der Waals surface area contributed by atoms with Crippen LogP contribution in [0.2, 0.25) is 0 Å². The highest BCUT2D eigenvalue weighted by Crippen LogP contribution is 2.24. The van der Waals surface area contributed by atoms with Crippen molar-refractivity contribution >= 4 is 34.4 Å². The van der Waals surface area contributed by atoms with Gasteiger partial charge in [0.05, 0.1) is 11.3 Å². The van der Waals surface area contributed by atoms with Crippen molar-refractivity contribution in [2.24, 2.45) is 0 Å². The number of benzene rings is 3. The Morgan fingerprint density at radius 3 is 2.13 bits per heavy atom. The van der Waals surface area contributed by atoms with Crippen LogP contribution >= 0.6 is 0 Å². The molecular weight excluding hydrogens is 394 g/mol. The third-order valence-electron chi connectivity index (χ3n) is 4.80. The first kappa shape index (κ1) is 19.9. The highest BCUT2D eigenvalue weighted by Gasteiger charge is 2.19. The maximum atomic E-state index is 12.7. The van der Waals surface area contributed by atoms with Gasteiger partial charge in [-0.2, -0.15) is 0 Å². The van der Waals surface area contributed by atoms with Crippen molar-refractivity contribution in [2.75, 3.05) is 5.32 Å². The number of rotatable bonds is 4. The molecule has 0 atom stereocenters. The smallest absolute Gasteiger partial charge is 0.305 e. The zero-order chi connectivity index (χ0) is 21.8. The molecule has 0 aliphatic heterocycles. The van der Waals surface area contributed by atoms with Gasteiger partial charge in [-0.3, -0.25) is 25.2 Å². The van der Waals surface area contributed by atoms with Crippen LogP contribution in [-0.2, 0) is 0 Å². The van der Waals surface area contributed by atoms with E-state index in [-0.39, 0.29) is 17.2 Å². The number of hydrogen-bond acceptors (Lipinski definition) is 4. The summed E-state index contributed by atoms with van der Waals surface area (Å²) in [7, 11) is 0. The zero-order valence-corrected chi connectivity index (χ0v) is 16.6. The molecule has 154 valence electrons. The molecule has 4 rings (SSSR count). The molecule has 3 N–H and O–H groups in total. The number of furan rings is 1. The highest BCUT2D eigenvalue weighted by atomic mass is 16.3. The van der Waals surface area contributed by atoms with E-state index < -0.39 is 11.8 Å². The lowest BCUT2D eigenvalue weighted by molar-refractivity contribution is 0.0832. The van der Waals surface area contributed by atoms with Gasteiger partial charge >= 0.3 is 5.91 Å². The molecule has 3 aromatic carbocycles. The summed E-state index contributed by atoms with van der Waals surface area (Å²) in [5.41, 5.74) is 6.99. The maximum Gasteiger partial charge on any atom is 0.305 e. The molecule has 0 spiro atoms. The molecule has 0 bridgehead atoms. The Morgan fingerprint density at radius 2 is 1.35 bits per heavy atom. The zero-order valence-electron chi connectivity index (χ0n) is 16.6. The van der Waals surface area contributed by atoms with E-state index in [0.717, 1.165) is 5.39 Å². The highest BCUT2D eigenvalue weighted by molar-refractivity contribution is 6.09. The quantitative estimate of drug-likeness (QED) is 0.439. The van der Waals surface area contributed by atoms with Crippen molar-refractivity contribution in [3.05, 3.63) is 101 Å². The maximum absolute atomic E-state index is 12.7. The van der Waals surface area contributed by atoms with E-state index in [1.807, 2.05) is 24.3 Å². The molecule has 4 aromatic rings. The minimum atomic E-state index is -0.578. The Labute approximate surface area is 178 Å². The summed E-state index contributed by atoms with van der Waals surface area (Å²) >= 11 is 0. The van der Waals surface area contributed by atoms with Gasteiger partial charge in [-0.15, -0.1) is 0 Å². The van der Waals surface area contributed by atoms with Gasteiger partial charge in [-0.25, -0.2) is 0 Å². The van der Waals surface area contributed by atoms with Crippen LogP contribution < -0.4 is 16.2 Å². The van der Waals surface area contributed by atoms with E-state index in [2.05, 4.69) is 16.2 Å². The largest absolute Gasteiger partial charge is 0.451 e. The first-order valence-corrected chi connectivity index (χ1v) is 9.59. The number of fused-ring (bicyclic) bond motifs is 1. The molecule has 7 heteroatoms. The molecule has 1 aromatic heterocycles.